The highest BCUT2D eigenvalue weighted by atomic mass is 35.5. The second-order valence-electron chi connectivity index (χ2n) is 8.62. The summed E-state index contributed by atoms with van der Waals surface area (Å²) in [6, 6.07) is 12.8. The Morgan fingerprint density at radius 1 is 1.07 bits per heavy atom. The van der Waals surface area contributed by atoms with Gasteiger partial charge in [-0.3, -0.25) is 9.59 Å². The van der Waals surface area contributed by atoms with Crippen molar-refractivity contribution >= 4 is 23.4 Å². The van der Waals surface area contributed by atoms with Gasteiger partial charge in [0, 0.05) is 17.1 Å². The van der Waals surface area contributed by atoms with E-state index in [0.29, 0.717) is 5.02 Å². The summed E-state index contributed by atoms with van der Waals surface area (Å²) in [5, 5.41) is 3.55. The molecule has 0 heterocycles. The second kappa shape index (κ2) is 9.45. The van der Waals surface area contributed by atoms with E-state index in [1.165, 1.54) is 5.56 Å². The summed E-state index contributed by atoms with van der Waals surface area (Å²) in [5.41, 5.74) is 3.71. The molecule has 0 radical (unpaired) electrons. The van der Waals surface area contributed by atoms with E-state index in [9.17, 15) is 9.59 Å². The fourth-order valence-corrected chi connectivity index (χ4v) is 3.25. The van der Waals surface area contributed by atoms with Crippen LogP contribution in [-0.4, -0.2) is 28.3 Å². The van der Waals surface area contributed by atoms with Crippen LogP contribution in [0.3, 0.4) is 0 Å². The van der Waals surface area contributed by atoms with E-state index in [0.717, 1.165) is 16.7 Å². The zero-order valence-electron chi connectivity index (χ0n) is 18.2. The van der Waals surface area contributed by atoms with Crippen molar-refractivity contribution in [3.05, 3.63) is 69.7 Å². The third-order valence-electron chi connectivity index (χ3n) is 4.89. The number of carbonyl (C=O) groups is 2. The number of nitrogens with zero attached hydrogens (tertiary/aromatic N) is 1. The van der Waals surface area contributed by atoms with Crippen LogP contribution in [0, 0.1) is 13.8 Å². The number of hydrogen-bond acceptors (Lipinski definition) is 2. The summed E-state index contributed by atoms with van der Waals surface area (Å²) in [5.74, 6) is -0.289. The molecule has 0 unspecified atom stereocenters. The Morgan fingerprint density at radius 2 is 1.72 bits per heavy atom. The van der Waals surface area contributed by atoms with Gasteiger partial charge in [0.15, 0.2) is 0 Å². The molecule has 4 nitrogen and oxygen atoms in total. The predicted octanol–water partition coefficient (Wildman–Crippen LogP) is 4.83. The second-order valence-corrected chi connectivity index (χ2v) is 9.03. The van der Waals surface area contributed by atoms with Gasteiger partial charge in [0.05, 0.1) is 6.42 Å². The zero-order chi connectivity index (χ0) is 21.8. The Kier molecular flexibility index (Phi) is 7.48. The lowest BCUT2D eigenvalue weighted by Crippen LogP contribution is -2.52. The molecule has 1 N–H and O–H groups in total. The molecule has 29 heavy (non-hydrogen) atoms. The molecular formula is C24H31ClN2O2. The van der Waals surface area contributed by atoms with E-state index in [1.807, 2.05) is 71.0 Å². The summed E-state index contributed by atoms with van der Waals surface area (Å²) < 4.78 is 0. The monoisotopic (exact) mass is 414 g/mol. The molecule has 0 bridgehead atoms. The normalized spacial score (nSPS) is 12.4. The van der Waals surface area contributed by atoms with Crippen LogP contribution >= 0.6 is 11.6 Å². The number of carbonyl (C=O) groups excluding carboxylic acids is 2. The van der Waals surface area contributed by atoms with Crippen LogP contribution in [0.5, 0.6) is 0 Å². The summed E-state index contributed by atoms with van der Waals surface area (Å²) in [6.07, 6.45) is 0.235. The zero-order valence-corrected chi connectivity index (χ0v) is 18.9. The molecule has 0 aromatic heterocycles. The fourth-order valence-electron chi connectivity index (χ4n) is 3.06. The third kappa shape index (κ3) is 6.60. The van der Waals surface area contributed by atoms with Crippen LogP contribution in [0.25, 0.3) is 0 Å². The first-order valence-corrected chi connectivity index (χ1v) is 10.3. The highest BCUT2D eigenvalue weighted by molar-refractivity contribution is 6.31. The van der Waals surface area contributed by atoms with Gasteiger partial charge in [-0.2, -0.15) is 0 Å². The number of rotatable bonds is 6. The van der Waals surface area contributed by atoms with Crippen molar-refractivity contribution < 1.29 is 9.59 Å². The molecule has 156 valence electrons. The largest absolute Gasteiger partial charge is 0.350 e. The minimum Gasteiger partial charge on any atom is -0.350 e. The van der Waals surface area contributed by atoms with Crippen molar-refractivity contribution in [1.82, 2.24) is 10.2 Å². The van der Waals surface area contributed by atoms with Crippen LogP contribution in [0.4, 0.5) is 0 Å². The molecule has 2 amide bonds. The smallest absolute Gasteiger partial charge is 0.242 e. The fraction of sp³-hybridized carbons (Fsp3) is 0.417. The van der Waals surface area contributed by atoms with Gasteiger partial charge in [-0.05, 0) is 69.9 Å². The molecule has 0 aliphatic heterocycles. The van der Waals surface area contributed by atoms with E-state index in [2.05, 4.69) is 5.32 Å². The Balaban J connectivity index is 2.29. The molecule has 0 saturated carbocycles. The third-order valence-corrected chi connectivity index (χ3v) is 5.26. The van der Waals surface area contributed by atoms with Gasteiger partial charge in [0.25, 0.3) is 0 Å². The number of aryl methyl sites for hydroxylation is 2. The Hall–Kier alpha value is -2.33. The molecular weight excluding hydrogens is 384 g/mol. The molecule has 1 atom stereocenters. The topological polar surface area (TPSA) is 49.4 Å². The van der Waals surface area contributed by atoms with Crippen molar-refractivity contribution in [2.24, 2.45) is 0 Å². The quantitative estimate of drug-likeness (QED) is 0.735. The maximum absolute atomic E-state index is 13.2. The molecule has 0 aliphatic carbocycles. The van der Waals surface area contributed by atoms with Gasteiger partial charge in [-0.25, -0.2) is 0 Å². The summed E-state index contributed by atoms with van der Waals surface area (Å²) >= 11 is 6.32. The van der Waals surface area contributed by atoms with Crippen molar-refractivity contribution in [2.45, 2.75) is 66.1 Å². The number of halogens is 1. The van der Waals surface area contributed by atoms with Gasteiger partial charge < -0.3 is 10.2 Å². The van der Waals surface area contributed by atoms with Crippen molar-refractivity contribution in [2.75, 3.05) is 0 Å². The minimum absolute atomic E-state index is 0.107. The SMILES string of the molecule is Cc1ccc(CC(=O)N(Cc2ccccc2Cl)[C@@H](C)C(=O)NC(C)(C)C)cc1C. The van der Waals surface area contributed by atoms with E-state index in [-0.39, 0.29) is 30.3 Å². The molecule has 0 saturated heterocycles. The van der Waals surface area contributed by atoms with Crippen LogP contribution in [0.1, 0.15) is 49.9 Å². The average molecular weight is 415 g/mol. The van der Waals surface area contributed by atoms with Crippen molar-refractivity contribution in [3.8, 4) is 0 Å². The molecule has 2 aromatic carbocycles. The van der Waals surface area contributed by atoms with Gasteiger partial charge in [-0.1, -0.05) is 48.0 Å². The van der Waals surface area contributed by atoms with Crippen molar-refractivity contribution in [1.29, 1.82) is 0 Å². The molecule has 0 fully saturated rings. The first-order valence-electron chi connectivity index (χ1n) is 9.89. The molecule has 5 heteroatoms. The predicted molar refractivity (Wildman–Crippen MR) is 119 cm³/mol. The lowest BCUT2D eigenvalue weighted by molar-refractivity contribution is -0.140. The highest BCUT2D eigenvalue weighted by Crippen LogP contribution is 2.20. The van der Waals surface area contributed by atoms with Gasteiger partial charge in [0.1, 0.15) is 6.04 Å². The molecule has 2 rings (SSSR count). The first kappa shape index (κ1) is 23.0. The van der Waals surface area contributed by atoms with Gasteiger partial charge in [0.2, 0.25) is 11.8 Å². The van der Waals surface area contributed by atoms with E-state index < -0.39 is 6.04 Å². The van der Waals surface area contributed by atoms with Crippen LogP contribution in [-0.2, 0) is 22.6 Å². The number of benzene rings is 2. The molecule has 0 aliphatic rings. The maximum atomic E-state index is 13.2. The minimum atomic E-state index is -0.621. The average Bonchev–Trinajstić information content (AvgIpc) is 2.62. The first-order chi connectivity index (χ1) is 13.5. The highest BCUT2D eigenvalue weighted by Gasteiger charge is 2.28. The Morgan fingerprint density at radius 3 is 2.31 bits per heavy atom. The maximum Gasteiger partial charge on any atom is 0.242 e. The number of amides is 2. The standard InChI is InChI=1S/C24H31ClN2O2/c1-16-11-12-19(13-17(16)2)14-22(28)27(15-20-9-7-8-10-21(20)25)18(3)23(29)26-24(4,5)6/h7-13,18H,14-15H2,1-6H3,(H,26,29)/t18-/m0/s1. The summed E-state index contributed by atoms with van der Waals surface area (Å²) in [4.78, 5) is 27.6. The number of hydrogen-bond donors (Lipinski definition) is 1. The van der Waals surface area contributed by atoms with Crippen LogP contribution in [0.15, 0.2) is 42.5 Å². The molecule has 0 spiro atoms. The van der Waals surface area contributed by atoms with Crippen molar-refractivity contribution in [3.63, 3.8) is 0 Å². The lowest BCUT2D eigenvalue weighted by Gasteiger charge is -2.31. The Bertz CT molecular complexity index is 887. The number of nitrogens with one attached hydrogen (secondary N) is 1. The van der Waals surface area contributed by atoms with E-state index in [4.69, 9.17) is 11.6 Å². The van der Waals surface area contributed by atoms with Crippen LogP contribution < -0.4 is 5.32 Å². The Labute approximate surface area is 179 Å². The summed E-state index contributed by atoms with van der Waals surface area (Å²) in [6.45, 7) is 11.9. The van der Waals surface area contributed by atoms with Gasteiger partial charge >= 0.3 is 0 Å². The van der Waals surface area contributed by atoms with Crippen LogP contribution in [0.2, 0.25) is 5.02 Å². The summed E-state index contributed by atoms with van der Waals surface area (Å²) in [7, 11) is 0. The van der Waals surface area contributed by atoms with E-state index >= 15 is 0 Å². The molecule has 2 aromatic rings. The lowest BCUT2D eigenvalue weighted by atomic mass is 10.0. The van der Waals surface area contributed by atoms with E-state index in [1.54, 1.807) is 17.9 Å². The van der Waals surface area contributed by atoms with Gasteiger partial charge in [-0.15, -0.1) is 0 Å².